The van der Waals surface area contributed by atoms with Gasteiger partial charge in [0.1, 0.15) is 5.75 Å². The number of esters is 1. The molecule has 1 aromatic heterocycles. The zero-order chi connectivity index (χ0) is 17.8. The van der Waals surface area contributed by atoms with Crippen molar-refractivity contribution >= 4 is 23.6 Å². The van der Waals surface area contributed by atoms with Crippen LogP contribution >= 0.6 is 0 Å². The van der Waals surface area contributed by atoms with E-state index in [-0.39, 0.29) is 5.95 Å². The fourth-order valence-electron chi connectivity index (χ4n) is 2.26. The minimum Gasteiger partial charge on any atom is -0.497 e. The van der Waals surface area contributed by atoms with Crippen LogP contribution in [0.2, 0.25) is 0 Å². The highest BCUT2D eigenvalue weighted by Crippen LogP contribution is 2.20. The van der Waals surface area contributed by atoms with Crippen LogP contribution in [0, 0.1) is 0 Å². The van der Waals surface area contributed by atoms with E-state index in [1.54, 1.807) is 31.4 Å². The highest BCUT2D eigenvalue weighted by molar-refractivity contribution is 5.90. The van der Waals surface area contributed by atoms with Gasteiger partial charge in [-0.2, -0.15) is 9.67 Å². The van der Waals surface area contributed by atoms with E-state index in [9.17, 15) is 4.79 Å². The summed E-state index contributed by atoms with van der Waals surface area (Å²) in [4.78, 5) is 15.8. The van der Waals surface area contributed by atoms with Gasteiger partial charge >= 0.3 is 5.97 Å². The molecule has 8 heteroatoms. The minimum atomic E-state index is -0.417. The Balaban J connectivity index is 1.84. The Labute approximate surface area is 144 Å². The van der Waals surface area contributed by atoms with Gasteiger partial charge in [-0.05, 0) is 42.5 Å². The molecular formula is C17H17N5O3. The second-order valence-corrected chi connectivity index (χ2v) is 5.10. The van der Waals surface area contributed by atoms with Crippen molar-refractivity contribution in [2.75, 3.05) is 25.3 Å². The quantitative estimate of drug-likeness (QED) is 0.688. The lowest BCUT2D eigenvalue weighted by Crippen LogP contribution is -2.03. The summed E-state index contributed by atoms with van der Waals surface area (Å²) in [5.74, 6) is 0.868. The predicted molar refractivity (Wildman–Crippen MR) is 93.4 cm³/mol. The zero-order valence-corrected chi connectivity index (χ0v) is 13.8. The molecule has 8 nitrogen and oxygen atoms in total. The summed E-state index contributed by atoms with van der Waals surface area (Å²) in [5, 5.41) is 7.36. The number of methoxy groups -OCH3 is 2. The van der Waals surface area contributed by atoms with Crippen LogP contribution in [0.1, 0.15) is 10.4 Å². The number of ether oxygens (including phenoxy) is 2. The van der Waals surface area contributed by atoms with Gasteiger partial charge in [-0.1, -0.05) is 6.07 Å². The Hall–Kier alpha value is -3.55. The number of carbonyl (C=O) groups excluding carboxylic acids is 1. The van der Waals surface area contributed by atoms with Crippen molar-refractivity contribution < 1.29 is 14.3 Å². The molecular weight excluding hydrogens is 322 g/mol. The summed E-state index contributed by atoms with van der Waals surface area (Å²) in [6.07, 6.45) is 0. The van der Waals surface area contributed by atoms with Gasteiger partial charge in [-0.25, -0.2) is 4.79 Å². The molecule has 3 aromatic rings. The second kappa shape index (κ2) is 6.91. The predicted octanol–water partition coefficient (Wildman–Crippen LogP) is 2.39. The van der Waals surface area contributed by atoms with Crippen molar-refractivity contribution in [2.45, 2.75) is 0 Å². The molecule has 0 fully saturated rings. The lowest BCUT2D eigenvalue weighted by Gasteiger charge is -2.05. The highest BCUT2D eigenvalue weighted by atomic mass is 16.5. The lowest BCUT2D eigenvalue weighted by molar-refractivity contribution is 0.0601. The molecule has 1 heterocycles. The Morgan fingerprint density at radius 1 is 1.16 bits per heavy atom. The molecule has 3 N–H and O–H groups in total. The molecule has 0 saturated heterocycles. The maximum absolute atomic E-state index is 11.6. The minimum absolute atomic E-state index is 0.233. The lowest BCUT2D eigenvalue weighted by atomic mass is 10.2. The van der Waals surface area contributed by atoms with E-state index >= 15 is 0 Å². The number of nitrogen functional groups attached to an aromatic ring is 1. The smallest absolute Gasteiger partial charge is 0.337 e. The molecule has 128 valence electrons. The number of carbonyl (C=O) groups is 1. The molecule has 0 atom stereocenters. The topological polar surface area (TPSA) is 104 Å². The van der Waals surface area contributed by atoms with Gasteiger partial charge < -0.3 is 20.5 Å². The van der Waals surface area contributed by atoms with Gasteiger partial charge in [0.15, 0.2) is 0 Å². The maximum Gasteiger partial charge on any atom is 0.337 e. The summed E-state index contributed by atoms with van der Waals surface area (Å²) < 4.78 is 11.3. The van der Waals surface area contributed by atoms with Crippen LogP contribution in [0.5, 0.6) is 5.75 Å². The van der Waals surface area contributed by atoms with Gasteiger partial charge in [0.2, 0.25) is 11.9 Å². The van der Waals surface area contributed by atoms with E-state index in [2.05, 4.69) is 15.4 Å². The number of nitrogens with two attached hydrogens (primary N) is 1. The first-order valence-corrected chi connectivity index (χ1v) is 7.43. The van der Waals surface area contributed by atoms with E-state index in [4.69, 9.17) is 15.2 Å². The van der Waals surface area contributed by atoms with Crippen LogP contribution in [0.4, 0.5) is 17.6 Å². The summed E-state index contributed by atoms with van der Waals surface area (Å²) >= 11 is 0. The van der Waals surface area contributed by atoms with Crippen molar-refractivity contribution in [3.05, 3.63) is 54.1 Å². The van der Waals surface area contributed by atoms with E-state index < -0.39 is 5.97 Å². The SMILES string of the molecule is COC(=O)c1cccc(Nc2nc(N)n(-c3ccc(OC)cc3)n2)c1. The third-order valence-corrected chi connectivity index (χ3v) is 3.49. The number of hydrogen-bond acceptors (Lipinski definition) is 7. The van der Waals surface area contributed by atoms with Gasteiger partial charge in [-0.15, -0.1) is 5.10 Å². The summed E-state index contributed by atoms with van der Waals surface area (Å²) in [7, 11) is 2.94. The van der Waals surface area contributed by atoms with Crippen molar-refractivity contribution in [2.24, 2.45) is 0 Å². The monoisotopic (exact) mass is 339 g/mol. The third-order valence-electron chi connectivity index (χ3n) is 3.49. The number of rotatable bonds is 5. The molecule has 0 bridgehead atoms. The first kappa shape index (κ1) is 16.3. The van der Waals surface area contributed by atoms with Crippen molar-refractivity contribution in [3.63, 3.8) is 0 Å². The number of nitrogens with zero attached hydrogens (tertiary/aromatic N) is 3. The number of nitrogens with one attached hydrogen (secondary N) is 1. The normalized spacial score (nSPS) is 10.3. The molecule has 0 saturated carbocycles. The number of hydrogen-bond donors (Lipinski definition) is 2. The Bertz CT molecular complexity index is 890. The first-order chi connectivity index (χ1) is 12.1. The maximum atomic E-state index is 11.6. The van der Waals surface area contributed by atoms with Crippen molar-refractivity contribution in [1.82, 2.24) is 14.8 Å². The largest absolute Gasteiger partial charge is 0.497 e. The van der Waals surface area contributed by atoms with Gasteiger partial charge in [-0.3, -0.25) is 0 Å². The van der Waals surface area contributed by atoms with E-state index in [1.165, 1.54) is 11.8 Å². The van der Waals surface area contributed by atoms with Crippen LogP contribution < -0.4 is 15.8 Å². The summed E-state index contributed by atoms with van der Waals surface area (Å²) in [6.45, 7) is 0. The average Bonchev–Trinajstić information content (AvgIpc) is 3.01. The molecule has 0 aliphatic heterocycles. The standard InChI is InChI=1S/C17H17N5O3/c1-24-14-8-6-13(7-9-14)22-16(18)20-17(21-22)19-12-5-3-4-11(10-12)15(23)25-2/h3-10H,1-2H3,(H3,18,19,20,21). The first-order valence-electron chi connectivity index (χ1n) is 7.43. The number of aromatic nitrogens is 3. The van der Waals surface area contributed by atoms with E-state index in [1.807, 2.05) is 24.3 Å². The van der Waals surface area contributed by atoms with Gasteiger partial charge in [0.25, 0.3) is 0 Å². The average molecular weight is 339 g/mol. The summed E-state index contributed by atoms with van der Waals surface area (Å²) in [5.41, 5.74) is 7.77. The third kappa shape index (κ3) is 3.52. The van der Waals surface area contributed by atoms with Gasteiger partial charge in [0.05, 0.1) is 25.5 Å². The number of anilines is 3. The molecule has 0 aliphatic carbocycles. The van der Waals surface area contributed by atoms with Crippen molar-refractivity contribution in [1.29, 1.82) is 0 Å². The van der Waals surface area contributed by atoms with Crippen LogP contribution in [-0.4, -0.2) is 35.0 Å². The Kier molecular flexibility index (Phi) is 4.51. The van der Waals surface area contributed by atoms with Gasteiger partial charge in [0, 0.05) is 5.69 Å². The molecule has 0 aliphatic rings. The molecule has 0 amide bonds. The van der Waals surface area contributed by atoms with Crippen LogP contribution in [0.25, 0.3) is 5.69 Å². The second-order valence-electron chi connectivity index (χ2n) is 5.10. The molecule has 3 rings (SSSR count). The Morgan fingerprint density at radius 2 is 1.92 bits per heavy atom. The number of benzene rings is 2. The van der Waals surface area contributed by atoms with E-state index in [0.717, 1.165) is 11.4 Å². The molecule has 0 radical (unpaired) electrons. The van der Waals surface area contributed by atoms with Crippen LogP contribution in [0.15, 0.2) is 48.5 Å². The molecule has 0 spiro atoms. The fourth-order valence-corrected chi connectivity index (χ4v) is 2.26. The molecule has 0 unspecified atom stereocenters. The molecule has 2 aromatic carbocycles. The van der Waals surface area contributed by atoms with Crippen molar-refractivity contribution in [3.8, 4) is 11.4 Å². The van der Waals surface area contributed by atoms with Crippen LogP contribution in [0.3, 0.4) is 0 Å². The summed E-state index contributed by atoms with van der Waals surface area (Å²) in [6, 6.07) is 14.1. The molecule has 25 heavy (non-hydrogen) atoms. The van der Waals surface area contributed by atoms with Crippen LogP contribution in [-0.2, 0) is 4.74 Å². The van der Waals surface area contributed by atoms with E-state index in [0.29, 0.717) is 17.2 Å². The fraction of sp³-hybridized carbons (Fsp3) is 0.118. The Morgan fingerprint density at radius 3 is 2.60 bits per heavy atom. The zero-order valence-electron chi connectivity index (χ0n) is 13.8. The highest BCUT2D eigenvalue weighted by Gasteiger charge is 2.11.